The second kappa shape index (κ2) is 5.29. The summed E-state index contributed by atoms with van der Waals surface area (Å²) in [5.41, 5.74) is 0.522. The Morgan fingerprint density at radius 1 is 1.40 bits per heavy atom. The zero-order valence-corrected chi connectivity index (χ0v) is 12.4. The van der Waals surface area contributed by atoms with Gasteiger partial charge in [-0.1, -0.05) is 6.07 Å². The predicted molar refractivity (Wildman–Crippen MR) is 73.1 cm³/mol. The van der Waals surface area contributed by atoms with Crippen molar-refractivity contribution in [1.29, 1.82) is 0 Å². The summed E-state index contributed by atoms with van der Waals surface area (Å²) < 4.78 is 50.1. The number of hydrogen-bond acceptors (Lipinski definition) is 3. The lowest BCUT2D eigenvalue weighted by Gasteiger charge is -2.09. The smallest absolute Gasteiger partial charge is 0.256 e. The number of hydrogen-bond donors (Lipinski definition) is 0. The first kappa shape index (κ1) is 15.2. The molecule has 8 heteroatoms. The summed E-state index contributed by atoms with van der Waals surface area (Å²) in [6.07, 6.45) is -1.53. The Hall–Kier alpha value is -1.21. The summed E-state index contributed by atoms with van der Waals surface area (Å²) in [6, 6.07) is 4.47. The Kier molecular flexibility index (Phi) is 4.02. The van der Waals surface area contributed by atoms with Gasteiger partial charge in [-0.25, -0.2) is 22.2 Å². The van der Waals surface area contributed by atoms with Crippen LogP contribution in [0.1, 0.15) is 18.1 Å². The van der Waals surface area contributed by atoms with Gasteiger partial charge in [-0.2, -0.15) is 0 Å². The summed E-state index contributed by atoms with van der Waals surface area (Å²) >= 11 is 5.95. The normalized spacial score (nSPS) is 14.1. The standard InChI is InChI=1S/C12H13ClF2N2O2S/c1-7(13)12-16-11-8(17(12)6-10(14)15)4-3-5-9(11)20(2,18)19/h3-5,7,10H,6H2,1-2H3. The Labute approximate surface area is 120 Å². The molecule has 0 spiro atoms. The molecule has 0 aliphatic carbocycles. The number of imidazole rings is 1. The topological polar surface area (TPSA) is 52.0 Å². The third-order valence-electron chi connectivity index (χ3n) is 2.85. The summed E-state index contributed by atoms with van der Waals surface area (Å²) in [5, 5.41) is -0.603. The minimum Gasteiger partial charge on any atom is -0.321 e. The Morgan fingerprint density at radius 2 is 2.05 bits per heavy atom. The highest BCUT2D eigenvalue weighted by Gasteiger charge is 2.22. The van der Waals surface area contributed by atoms with E-state index in [-0.39, 0.29) is 16.2 Å². The van der Waals surface area contributed by atoms with E-state index in [0.717, 1.165) is 6.26 Å². The van der Waals surface area contributed by atoms with Crippen molar-refractivity contribution in [2.45, 2.75) is 30.2 Å². The average molecular weight is 323 g/mol. The lowest BCUT2D eigenvalue weighted by atomic mass is 10.3. The van der Waals surface area contributed by atoms with Crippen molar-refractivity contribution in [3.8, 4) is 0 Å². The SMILES string of the molecule is CC(Cl)c1nc2c(S(C)(=O)=O)cccc2n1CC(F)F. The molecule has 1 aromatic carbocycles. The van der Waals surface area contributed by atoms with Gasteiger partial charge in [0.05, 0.1) is 22.3 Å². The average Bonchev–Trinajstić information content (AvgIpc) is 2.66. The van der Waals surface area contributed by atoms with Crippen molar-refractivity contribution < 1.29 is 17.2 Å². The highest BCUT2D eigenvalue weighted by molar-refractivity contribution is 7.91. The van der Waals surface area contributed by atoms with Crippen molar-refractivity contribution >= 4 is 32.5 Å². The van der Waals surface area contributed by atoms with Crippen molar-refractivity contribution in [2.75, 3.05) is 6.26 Å². The van der Waals surface area contributed by atoms with E-state index in [1.807, 2.05) is 0 Å². The summed E-state index contributed by atoms with van der Waals surface area (Å²) in [7, 11) is -3.49. The summed E-state index contributed by atoms with van der Waals surface area (Å²) in [5.74, 6) is 0.234. The number of nitrogens with zero attached hydrogens (tertiary/aromatic N) is 2. The molecule has 0 saturated carbocycles. The first-order valence-corrected chi connectivity index (χ1v) is 8.16. The zero-order chi connectivity index (χ0) is 15.1. The van der Waals surface area contributed by atoms with Crippen molar-refractivity contribution in [3.63, 3.8) is 0 Å². The third kappa shape index (κ3) is 2.78. The molecule has 0 aliphatic heterocycles. The van der Waals surface area contributed by atoms with Crippen molar-refractivity contribution in [2.24, 2.45) is 0 Å². The van der Waals surface area contributed by atoms with Crippen LogP contribution in [0.5, 0.6) is 0 Å². The maximum absolute atomic E-state index is 12.7. The van der Waals surface area contributed by atoms with Crippen molar-refractivity contribution in [1.82, 2.24) is 9.55 Å². The van der Waals surface area contributed by atoms with Gasteiger partial charge in [-0.05, 0) is 19.1 Å². The molecule has 0 N–H and O–H groups in total. The highest BCUT2D eigenvalue weighted by atomic mass is 35.5. The fourth-order valence-electron chi connectivity index (χ4n) is 2.07. The van der Waals surface area contributed by atoms with Crippen LogP contribution in [0.15, 0.2) is 23.1 Å². The monoisotopic (exact) mass is 322 g/mol. The van der Waals surface area contributed by atoms with Gasteiger partial charge in [0, 0.05) is 6.26 Å². The molecule has 0 fully saturated rings. The molecule has 1 heterocycles. The quantitative estimate of drug-likeness (QED) is 0.813. The number of aromatic nitrogens is 2. The molecule has 1 atom stereocenters. The van der Waals surface area contributed by atoms with E-state index in [4.69, 9.17) is 11.6 Å². The second-order valence-electron chi connectivity index (χ2n) is 4.48. The molecule has 0 saturated heterocycles. The fraction of sp³-hybridized carbons (Fsp3) is 0.417. The number of rotatable bonds is 4. The van der Waals surface area contributed by atoms with E-state index in [1.54, 1.807) is 13.0 Å². The van der Waals surface area contributed by atoms with Gasteiger partial charge in [-0.15, -0.1) is 11.6 Å². The lowest BCUT2D eigenvalue weighted by Crippen LogP contribution is -2.10. The molecular weight excluding hydrogens is 310 g/mol. The highest BCUT2D eigenvalue weighted by Crippen LogP contribution is 2.29. The minimum atomic E-state index is -3.49. The van der Waals surface area contributed by atoms with E-state index in [9.17, 15) is 17.2 Å². The Balaban J connectivity index is 2.80. The lowest BCUT2D eigenvalue weighted by molar-refractivity contribution is 0.127. The number of para-hydroxylation sites is 1. The molecule has 0 bridgehead atoms. The van der Waals surface area contributed by atoms with Crippen LogP contribution in [0, 0.1) is 0 Å². The molecule has 110 valence electrons. The molecule has 2 rings (SSSR count). The summed E-state index contributed by atoms with van der Waals surface area (Å²) in [4.78, 5) is 4.17. The van der Waals surface area contributed by atoms with E-state index < -0.39 is 28.2 Å². The van der Waals surface area contributed by atoms with Crippen LogP contribution in [0.25, 0.3) is 11.0 Å². The minimum absolute atomic E-state index is 0.0154. The zero-order valence-electron chi connectivity index (χ0n) is 10.8. The van der Waals surface area contributed by atoms with E-state index >= 15 is 0 Å². The predicted octanol–water partition coefficient (Wildman–Crippen LogP) is 3.00. The maximum Gasteiger partial charge on any atom is 0.256 e. The van der Waals surface area contributed by atoms with Crippen LogP contribution in [0.4, 0.5) is 8.78 Å². The first-order valence-electron chi connectivity index (χ1n) is 5.83. The molecule has 0 aliphatic rings. The number of alkyl halides is 3. The molecule has 1 aromatic heterocycles. The van der Waals surface area contributed by atoms with E-state index in [2.05, 4.69) is 4.98 Å². The number of sulfone groups is 1. The Morgan fingerprint density at radius 3 is 2.55 bits per heavy atom. The van der Waals surface area contributed by atoms with Crippen LogP contribution in [-0.4, -0.2) is 30.7 Å². The first-order chi connectivity index (χ1) is 9.21. The van der Waals surface area contributed by atoms with Crippen LogP contribution >= 0.6 is 11.6 Å². The third-order valence-corrected chi connectivity index (χ3v) is 4.17. The molecule has 0 amide bonds. The maximum atomic E-state index is 12.7. The van der Waals surface area contributed by atoms with Gasteiger partial charge < -0.3 is 4.57 Å². The van der Waals surface area contributed by atoms with Crippen LogP contribution in [-0.2, 0) is 16.4 Å². The van der Waals surface area contributed by atoms with Crippen molar-refractivity contribution in [3.05, 3.63) is 24.0 Å². The van der Waals surface area contributed by atoms with Gasteiger partial charge in [0.15, 0.2) is 9.84 Å². The molecular formula is C12H13ClF2N2O2S. The van der Waals surface area contributed by atoms with Gasteiger partial charge in [-0.3, -0.25) is 0 Å². The van der Waals surface area contributed by atoms with E-state index in [1.165, 1.54) is 16.7 Å². The van der Waals surface area contributed by atoms with E-state index in [0.29, 0.717) is 5.52 Å². The molecule has 20 heavy (non-hydrogen) atoms. The van der Waals surface area contributed by atoms with Gasteiger partial charge in [0.1, 0.15) is 11.3 Å². The van der Waals surface area contributed by atoms with Gasteiger partial charge >= 0.3 is 0 Å². The number of benzene rings is 1. The van der Waals surface area contributed by atoms with Crippen LogP contribution < -0.4 is 0 Å². The Bertz CT molecular complexity index is 741. The molecule has 0 radical (unpaired) electrons. The molecule has 4 nitrogen and oxygen atoms in total. The molecule has 1 unspecified atom stereocenters. The van der Waals surface area contributed by atoms with Crippen LogP contribution in [0.3, 0.4) is 0 Å². The van der Waals surface area contributed by atoms with Gasteiger partial charge in [0.25, 0.3) is 6.43 Å². The fourth-order valence-corrected chi connectivity index (χ4v) is 3.07. The number of fused-ring (bicyclic) bond motifs is 1. The summed E-state index contributed by atoms with van der Waals surface area (Å²) in [6.45, 7) is 1.03. The second-order valence-corrected chi connectivity index (χ2v) is 7.12. The largest absolute Gasteiger partial charge is 0.321 e. The van der Waals surface area contributed by atoms with Gasteiger partial charge in [0.2, 0.25) is 0 Å². The van der Waals surface area contributed by atoms with Crippen LogP contribution in [0.2, 0.25) is 0 Å². The molecule has 2 aromatic rings. The number of halogens is 3.